The minimum absolute atomic E-state index is 0.0269. The van der Waals surface area contributed by atoms with E-state index in [4.69, 9.17) is 0 Å². The van der Waals surface area contributed by atoms with Crippen LogP contribution in [-0.4, -0.2) is 20.4 Å². The Bertz CT molecular complexity index is 637. The Kier molecular flexibility index (Phi) is 4.60. The van der Waals surface area contributed by atoms with Gasteiger partial charge in [-0.15, -0.1) is 0 Å². The summed E-state index contributed by atoms with van der Waals surface area (Å²) in [5.74, 6) is -0.227. The Hall–Kier alpha value is -2.50. The van der Waals surface area contributed by atoms with Crippen LogP contribution in [0.1, 0.15) is 18.2 Å². The second-order valence-electron chi connectivity index (χ2n) is 4.33. The molecule has 0 aliphatic heterocycles. The molecule has 0 aromatic carbocycles. The molecule has 0 radical (unpaired) electrons. The van der Waals surface area contributed by atoms with E-state index in [2.05, 4.69) is 15.3 Å². The molecule has 0 aliphatic rings. The molecule has 0 bridgehead atoms. The van der Waals surface area contributed by atoms with Crippen molar-refractivity contribution < 1.29 is 4.79 Å². The van der Waals surface area contributed by atoms with Crippen molar-refractivity contribution >= 4 is 5.91 Å². The molecule has 0 unspecified atom stereocenters. The van der Waals surface area contributed by atoms with Crippen LogP contribution in [0.25, 0.3) is 0 Å². The van der Waals surface area contributed by atoms with E-state index in [1.54, 1.807) is 12.4 Å². The van der Waals surface area contributed by atoms with Gasteiger partial charge in [-0.3, -0.25) is 19.1 Å². The Balaban J connectivity index is 1.93. The maximum atomic E-state index is 11.8. The second kappa shape index (κ2) is 6.60. The van der Waals surface area contributed by atoms with Crippen LogP contribution in [0.15, 0.2) is 41.7 Å². The van der Waals surface area contributed by atoms with Crippen LogP contribution in [0.3, 0.4) is 0 Å². The molecule has 0 saturated carbocycles. The summed E-state index contributed by atoms with van der Waals surface area (Å²) in [5, 5.41) is 2.75. The Labute approximate surface area is 116 Å². The van der Waals surface area contributed by atoms with E-state index in [1.165, 1.54) is 17.0 Å². The van der Waals surface area contributed by atoms with Crippen molar-refractivity contribution in [3.63, 3.8) is 0 Å². The first-order valence-electron chi connectivity index (χ1n) is 6.40. The van der Waals surface area contributed by atoms with E-state index < -0.39 is 0 Å². The summed E-state index contributed by atoms with van der Waals surface area (Å²) in [6, 6.07) is 5.10. The average Bonchev–Trinajstić information content (AvgIpc) is 2.48. The van der Waals surface area contributed by atoms with E-state index in [0.29, 0.717) is 13.0 Å². The number of hydrogen-bond acceptors (Lipinski definition) is 4. The summed E-state index contributed by atoms with van der Waals surface area (Å²) in [6.07, 6.45) is 5.44. The third-order valence-electron chi connectivity index (χ3n) is 2.85. The minimum Gasteiger partial charge on any atom is -0.350 e. The lowest BCUT2D eigenvalue weighted by Gasteiger charge is -2.07. The molecule has 1 N–H and O–H groups in total. The number of aryl methyl sites for hydroxylation is 1. The maximum absolute atomic E-state index is 11.8. The van der Waals surface area contributed by atoms with Crippen molar-refractivity contribution in [1.29, 1.82) is 0 Å². The molecule has 2 aromatic rings. The number of pyridine rings is 1. The molecule has 0 atom stereocenters. The van der Waals surface area contributed by atoms with Gasteiger partial charge >= 0.3 is 0 Å². The number of nitrogens with zero attached hydrogens (tertiary/aromatic N) is 3. The molecule has 1 amide bonds. The highest BCUT2D eigenvalue weighted by Gasteiger charge is 2.05. The molecule has 2 heterocycles. The van der Waals surface area contributed by atoms with Crippen LogP contribution >= 0.6 is 0 Å². The zero-order chi connectivity index (χ0) is 14.4. The molecule has 20 heavy (non-hydrogen) atoms. The van der Waals surface area contributed by atoms with Gasteiger partial charge in [-0.25, -0.2) is 4.98 Å². The van der Waals surface area contributed by atoms with Crippen molar-refractivity contribution in [2.45, 2.75) is 26.4 Å². The standard InChI is InChI=1S/C14H16N4O2/c1-2-12-7-14(20)18(10-17-12)9-13(19)16-8-11-3-5-15-6-4-11/h3-7,10H,2,8-9H2,1H3,(H,16,19). The highest BCUT2D eigenvalue weighted by atomic mass is 16.2. The normalized spacial score (nSPS) is 10.2. The van der Waals surface area contributed by atoms with E-state index in [-0.39, 0.29) is 18.0 Å². The summed E-state index contributed by atoms with van der Waals surface area (Å²) in [7, 11) is 0. The van der Waals surface area contributed by atoms with Crippen molar-refractivity contribution in [2.24, 2.45) is 0 Å². The number of rotatable bonds is 5. The lowest BCUT2D eigenvalue weighted by molar-refractivity contribution is -0.121. The van der Waals surface area contributed by atoms with Gasteiger partial charge in [0.05, 0.1) is 6.33 Å². The van der Waals surface area contributed by atoms with Gasteiger partial charge in [0.15, 0.2) is 0 Å². The predicted molar refractivity (Wildman–Crippen MR) is 74.0 cm³/mol. The van der Waals surface area contributed by atoms with Crippen LogP contribution in [0.5, 0.6) is 0 Å². The predicted octanol–water partition coefficient (Wildman–Crippen LogP) is 0.517. The fourth-order valence-electron chi connectivity index (χ4n) is 1.69. The minimum atomic E-state index is -0.227. The molecular weight excluding hydrogens is 256 g/mol. The first-order chi connectivity index (χ1) is 9.69. The quantitative estimate of drug-likeness (QED) is 0.860. The summed E-state index contributed by atoms with van der Waals surface area (Å²) in [5.41, 5.74) is 1.47. The van der Waals surface area contributed by atoms with E-state index in [1.807, 2.05) is 19.1 Å². The van der Waals surface area contributed by atoms with Crippen molar-refractivity contribution in [3.05, 3.63) is 58.5 Å². The number of hydrogen-bond donors (Lipinski definition) is 1. The fourth-order valence-corrected chi connectivity index (χ4v) is 1.69. The smallest absolute Gasteiger partial charge is 0.253 e. The lowest BCUT2D eigenvalue weighted by Crippen LogP contribution is -2.32. The highest BCUT2D eigenvalue weighted by Crippen LogP contribution is 1.95. The molecule has 0 spiro atoms. The van der Waals surface area contributed by atoms with Gasteiger partial charge in [0.1, 0.15) is 6.54 Å². The van der Waals surface area contributed by atoms with E-state index >= 15 is 0 Å². The van der Waals surface area contributed by atoms with E-state index in [9.17, 15) is 9.59 Å². The summed E-state index contributed by atoms with van der Waals surface area (Å²) in [4.78, 5) is 31.5. The van der Waals surface area contributed by atoms with Crippen molar-refractivity contribution in [3.8, 4) is 0 Å². The van der Waals surface area contributed by atoms with E-state index in [0.717, 1.165) is 11.3 Å². The lowest BCUT2D eigenvalue weighted by atomic mass is 10.3. The van der Waals surface area contributed by atoms with Gasteiger partial charge < -0.3 is 5.32 Å². The number of carbonyl (C=O) groups is 1. The largest absolute Gasteiger partial charge is 0.350 e. The number of nitrogens with one attached hydrogen (secondary N) is 1. The van der Waals surface area contributed by atoms with Gasteiger partial charge in [-0.2, -0.15) is 0 Å². The highest BCUT2D eigenvalue weighted by molar-refractivity contribution is 5.75. The zero-order valence-corrected chi connectivity index (χ0v) is 11.2. The molecule has 0 saturated heterocycles. The number of amides is 1. The molecule has 2 rings (SSSR count). The molecule has 0 fully saturated rings. The maximum Gasteiger partial charge on any atom is 0.253 e. The van der Waals surface area contributed by atoms with Crippen molar-refractivity contribution in [2.75, 3.05) is 0 Å². The first-order valence-corrected chi connectivity index (χ1v) is 6.40. The number of aromatic nitrogens is 3. The summed E-state index contributed by atoms with van der Waals surface area (Å²) >= 11 is 0. The Morgan fingerprint density at radius 2 is 2.10 bits per heavy atom. The molecule has 2 aromatic heterocycles. The van der Waals surface area contributed by atoms with Crippen LogP contribution in [0.4, 0.5) is 0 Å². The zero-order valence-electron chi connectivity index (χ0n) is 11.2. The SMILES string of the molecule is CCc1cc(=O)n(CC(=O)NCc2ccncc2)cn1. The topological polar surface area (TPSA) is 76.9 Å². The van der Waals surface area contributed by atoms with Crippen LogP contribution in [-0.2, 0) is 24.3 Å². The molecule has 6 heteroatoms. The molecule has 0 aliphatic carbocycles. The van der Waals surface area contributed by atoms with Crippen molar-refractivity contribution in [1.82, 2.24) is 19.9 Å². The molecule has 6 nitrogen and oxygen atoms in total. The van der Waals surface area contributed by atoms with Gasteiger partial charge in [-0.1, -0.05) is 6.92 Å². The number of carbonyl (C=O) groups excluding carboxylic acids is 1. The average molecular weight is 272 g/mol. The molecule has 104 valence electrons. The van der Waals surface area contributed by atoms with Crippen LogP contribution in [0.2, 0.25) is 0 Å². The summed E-state index contributed by atoms with van der Waals surface area (Å²) < 4.78 is 1.29. The van der Waals surface area contributed by atoms with Gasteiger partial charge in [0.25, 0.3) is 5.56 Å². The van der Waals surface area contributed by atoms with Gasteiger partial charge in [0.2, 0.25) is 5.91 Å². The van der Waals surface area contributed by atoms with Gasteiger partial charge in [-0.05, 0) is 24.1 Å². The second-order valence-corrected chi connectivity index (χ2v) is 4.33. The monoisotopic (exact) mass is 272 g/mol. The first kappa shape index (κ1) is 13.9. The Morgan fingerprint density at radius 1 is 1.35 bits per heavy atom. The van der Waals surface area contributed by atoms with Gasteiger partial charge in [0, 0.05) is 30.7 Å². The Morgan fingerprint density at radius 3 is 2.75 bits per heavy atom. The summed E-state index contributed by atoms with van der Waals surface area (Å²) in [6.45, 7) is 2.31. The van der Waals surface area contributed by atoms with Crippen LogP contribution in [0, 0.1) is 0 Å². The third kappa shape index (κ3) is 3.74. The molecular formula is C14H16N4O2. The fraction of sp³-hybridized carbons (Fsp3) is 0.286. The third-order valence-corrected chi connectivity index (χ3v) is 2.85. The van der Waals surface area contributed by atoms with Crippen LogP contribution < -0.4 is 10.9 Å².